The summed E-state index contributed by atoms with van der Waals surface area (Å²) in [6, 6.07) is 8.65. The molecule has 0 fully saturated rings. The molecule has 0 atom stereocenters. The lowest BCUT2D eigenvalue weighted by Crippen LogP contribution is -1.94. The number of ether oxygens (including phenoxy) is 3. The number of anilines is 1. The van der Waals surface area contributed by atoms with Crippen molar-refractivity contribution in [2.45, 2.75) is 0 Å². The molecule has 1 aromatic carbocycles. The Kier molecular flexibility index (Phi) is 3.52. The first-order chi connectivity index (χ1) is 8.72. The van der Waals surface area contributed by atoms with E-state index < -0.39 is 0 Å². The van der Waals surface area contributed by atoms with Crippen molar-refractivity contribution in [1.82, 2.24) is 4.98 Å². The van der Waals surface area contributed by atoms with E-state index in [0.29, 0.717) is 28.8 Å². The summed E-state index contributed by atoms with van der Waals surface area (Å²) >= 11 is 0. The maximum atomic E-state index is 5.86. The monoisotopic (exact) mass is 246 g/mol. The van der Waals surface area contributed by atoms with Gasteiger partial charge in [-0.1, -0.05) is 0 Å². The number of nitrogen functional groups attached to an aromatic ring is 1. The van der Waals surface area contributed by atoms with E-state index in [-0.39, 0.29) is 0 Å². The predicted molar refractivity (Wildman–Crippen MR) is 68.3 cm³/mol. The second-order valence-corrected chi connectivity index (χ2v) is 3.54. The van der Waals surface area contributed by atoms with Gasteiger partial charge in [0.05, 0.1) is 19.9 Å². The van der Waals surface area contributed by atoms with Crippen LogP contribution in [0.5, 0.6) is 23.1 Å². The molecule has 1 aromatic heterocycles. The van der Waals surface area contributed by atoms with Gasteiger partial charge >= 0.3 is 0 Å². The zero-order valence-electron chi connectivity index (χ0n) is 10.2. The highest BCUT2D eigenvalue weighted by Crippen LogP contribution is 2.31. The van der Waals surface area contributed by atoms with Gasteiger partial charge in [-0.25, -0.2) is 4.98 Å². The zero-order valence-corrected chi connectivity index (χ0v) is 10.2. The number of rotatable bonds is 4. The van der Waals surface area contributed by atoms with Gasteiger partial charge in [0.2, 0.25) is 5.88 Å². The Bertz CT molecular complexity index is 544. The largest absolute Gasteiger partial charge is 0.497 e. The molecule has 0 saturated heterocycles. The average molecular weight is 246 g/mol. The predicted octanol–water partition coefficient (Wildman–Crippen LogP) is 2.47. The third-order valence-electron chi connectivity index (χ3n) is 2.36. The molecule has 0 unspecified atom stereocenters. The van der Waals surface area contributed by atoms with Crippen molar-refractivity contribution in [3.8, 4) is 23.1 Å². The van der Waals surface area contributed by atoms with Gasteiger partial charge in [0.1, 0.15) is 11.5 Å². The molecular weight excluding hydrogens is 232 g/mol. The molecule has 0 saturated carbocycles. The highest BCUT2D eigenvalue weighted by Gasteiger charge is 2.05. The van der Waals surface area contributed by atoms with Crippen molar-refractivity contribution < 1.29 is 14.2 Å². The summed E-state index contributed by atoms with van der Waals surface area (Å²) in [4.78, 5) is 4.00. The first kappa shape index (κ1) is 12.0. The molecule has 0 aliphatic heterocycles. The van der Waals surface area contributed by atoms with Crippen molar-refractivity contribution in [2.24, 2.45) is 0 Å². The normalized spacial score (nSPS) is 9.89. The molecular formula is C13H14N2O3. The Hall–Kier alpha value is -2.43. The first-order valence-electron chi connectivity index (χ1n) is 5.34. The average Bonchev–Trinajstić information content (AvgIpc) is 2.41. The number of pyridine rings is 1. The van der Waals surface area contributed by atoms with Crippen LogP contribution in [0, 0.1) is 0 Å². The molecule has 0 bridgehead atoms. The van der Waals surface area contributed by atoms with Gasteiger partial charge in [0.25, 0.3) is 0 Å². The van der Waals surface area contributed by atoms with Crippen molar-refractivity contribution in [3.63, 3.8) is 0 Å². The van der Waals surface area contributed by atoms with Crippen LogP contribution >= 0.6 is 0 Å². The molecule has 18 heavy (non-hydrogen) atoms. The molecule has 2 aromatic rings. The number of aromatic nitrogens is 1. The van der Waals surface area contributed by atoms with Crippen molar-refractivity contribution in [2.75, 3.05) is 20.0 Å². The Labute approximate surface area is 105 Å². The Morgan fingerprint density at radius 2 is 1.83 bits per heavy atom. The highest BCUT2D eigenvalue weighted by atomic mass is 16.5. The van der Waals surface area contributed by atoms with Gasteiger partial charge in [0.15, 0.2) is 5.75 Å². The maximum absolute atomic E-state index is 5.86. The lowest BCUT2D eigenvalue weighted by Gasteiger charge is -2.10. The molecule has 5 nitrogen and oxygen atoms in total. The lowest BCUT2D eigenvalue weighted by molar-refractivity contribution is 0.392. The van der Waals surface area contributed by atoms with Crippen LogP contribution in [-0.2, 0) is 0 Å². The van der Waals surface area contributed by atoms with Crippen LogP contribution in [0.15, 0.2) is 36.5 Å². The van der Waals surface area contributed by atoms with Crippen LogP contribution in [0.2, 0.25) is 0 Å². The third-order valence-corrected chi connectivity index (χ3v) is 2.36. The Balaban J connectivity index is 2.22. The van der Waals surface area contributed by atoms with Crippen LogP contribution in [0.1, 0.15) is 0 Å². The summed E-state index contributed by atoms with van der Waals surface area (Å²) in [6.07, 6.45) is 1.61. The van der Waals surface area contributed by atoms with Crippen molar-refractivity contribution in [1.29, 1.82) is 0 Å². The van der Waals surface area contributed by atoms with Gasteiger partial charge in [-0.3, -0.25) is 0 Å². The standard InChI is InChI=1S/C13H14N2O3/c1-16-9-3-4-12(11(14)7-9)18-10-5-6-15-13(8-10)17-2/h3-8H,14H2,1-2H3. The van der Waals surface area contributed by atoms with Gasteiger partial charge in [-0.15, -0.1) is 0 Å². The Morgan fingerprint density at radius 1 is 1.00 bits per heavy atom. The minimum atomic E-state index is 0.486. The first-order valence-corrected chi connectivity index (χ1v) is 5.34. The van der Waals surface area contributed by atoms with E-state index >= 15 is 0 Å². The number of nitrogens with zero attached hydrogens (tertiary/aromatic N) is 1. The van der Waals surface area contributed by atoms with Crippen molar-refractivity contribution >= 4 is 5.69 Å². The second kappa shape index (κ2) is 5.27. The number of hydrogen-bond donors (Lipinski definition) is 1. The minimum absolute atomic E-state index is 0.486. The lowest BCUT2D eigenvalue weighted by atomic mass is 10.3. The van der Waals surface area contributed by atoms with Crippen LogP contribution in [0.25, 0.3) is 0 Å². The summed E-state index contributed by atoms with van der Waals surface area (Å²) in [5, 5.41) is 0. The number of methoxy groups -OCH3 is 2. The van der Waals surface area contributed by atoms with Crippen molar-refractivity contribution in [3.05, 3.63) is 36.5 Å². The molecule has 5 heteroatoms. The van der Waals surface area contributed by atoms with Gasteiger partial charge in [-0.05, 0) is 18.2 Å². The van der Waals surface area contributed by atoms with E-state index in [1.54, 1.807) is 50.7 Å². The minimum Gasteiger partial charge on any atom is -0.497 e. The fourth-order valence-electron chi connectivity index (χ4n) is 1.44. The van der Waals surface area contributed by atoms with Gasteiger partial charge in [-0.2, -0.15) is 0 Å². The zero-order chi connectivity index (χ0) is 13.0. The quantitative estimate of drug-likeness (QED) is 0.839. The molecule has 2 N–H and O–H groups in total. The second-order valence-electron chi connectivity index (χ2n) is 3.54. The molecule has 94 valence electrons. The molecule has 0 aliphatic carbocycles. The van der Waals surface area contributed by atoms with Crippen LogP contribution < -0.4 is 19.9 Å². The van der Waals surface area contributed by atoms with E-state index in [1.165, 1.54) is 0 Å². The topological polar surface area (TPSA) is 66.6 Å². The maximum Gasteiger partial charge on any atom is 0.216 e. The summed E-state index contributed by atoms with van der Waals surface area (Å²) in [7, 11) is 3.14. The number of benzene rings is 1. The van der Waals surface area contributed by atoms with E-state index in [9.17, 15) is 0 Å². The molecule has 0 spiro atoms. The SMILES string of the molecule is COc1ccc(Oc2ccnc(OC)c2)c(N)c1. The summed E-state index contributed by atoms with van der Waals surface area (Å²) in [5.74, 6) is 2.34. The van der Waals surface area contributed by atoms with Gasteiger partial charge < -0.3 is 19.9 Å². The molecule has 2 rings (SSSR count). The van der Waals surface area contributed by atoms with Gasteiger partial charge in [0, 0.05) is 18.3 Å². The summed E-state index contributed by atoms with van der Waals surface area (Å²) in [6.45, 7) is 0. The number of hydrogen-bond acceptors (Lipinski definition) is 5. The van der Waals surface area contributed by atoms with Crippen LogP contribution in [0.4, 0.5) is 5.69 Å². The van der Waals surface area contributed by atoms with E-state index in [4.69, 9.17) is 19.9 Å². The highest BCUT2D eigenvalue weighted by molar-refractivity contribution is 5.57. The van der Waals surface area contributed by atoms with E-state index in [1.807, 2.05) is 0 Å². The van der Waals surface area contributed by atoms with E-state index in [0.717, 1.165) is 0 Å². The molecule has 1 heterocycles. The number of nitrogens with two attached hydrogens (primary N) is 1. The summed E-state index contributed by atoms with van der Waals surface area (Å²) < 4.78 is 15.7. The molecule has 0 aliphatic rings. The fraction of sp³-hybridized carbons (Fsp3) is 0.154. The summed E-state index contributed by atoms with van der Waals surface area (Å²) in [5.41, 5.74) is 6.37. The smallest absolute Gasteiger partial charge is 0.216 e. The molecule has 0 amide bonds. The van der Waals surface area contributed by atoms with Crippen LogP contribution in [-0.4, -0.2) is 19.2 Å². The van der Waals surface area contributed by atoms with Crippen LogP contribution in [0.3, 0.4) is 0 Å². The Morgan fingerprint density at radius 3 is 2.50 bits per heavy atom. The molecule has 0 radical (unpaired) electrons. The van der Waals surface area contributed by atoms with E-state index in [2.05, 4.69) is 4.98 Å². The third kappa shape index (κ3) is 2.63. The fourth-order valence-corrected chi connectivity index (χ4v) is 1.44.